The molecule has 1 amide bonds. The minimum atomic E-state index is -0.213. The normalized spacial score (nSPS) is 20.0. The molecule has 4 heteroatoms. The number of methoxy groups -OCH3 is 1. The molecule has 0 heterocycles. The molecule has 0 spiro atoms. The number of hydrogen-bond donors (Lipinski definition) is 0. The summed E-state index contributed by atoms with van der Waals surface area (Å²) in [5.74, 6) is 1.05. The van der Waals surface area contributed by atoms with Crippen LogP contribution in [0.3, 0.4) is 0 Å². The van der Waals surface area contributed by atoms with Crippen LogP contribution < -0.4 is 0 Å². The molecule has 0 aromatic heterocycles. The molecule has 0 saturated heterocycles. The summed E-state index contributed by atoms with van der Waals surface area (Å²) in [7, 11) is 3.49. The van der Waals surface area contributed by atoms with Crippen molar-refractivity contribution >= 4 is 12.2 Å². The van der Waals surface area contributed by atoms with Gasteiger partial charge in [0.05, 0.1) is 12.1 Å². The Kier molecular flexibility index (Phi) is 7.94. The van der Waals surface area contributed by atoms with Crippen LogP contribution in [0.5, 0.6) is 0 Å². The third-order valence-corrected chi connectivity index (χ3v) is 5.02. The van der Waals surface area contributed by atoms with Gasteiger partial charge in [-0.15, -0.1) is 0 Å². The molecule has 21 heavy (non-hydrogen) atoms. The van der Waals surface area contributed by atoms with Crippen molar-refractivity contribution in [3.63, 3.8) is 0 Å². The number of likely N-dealkylation sites (N-methyl/N-ethyl adjacent to an activating group) is 1. The van der Waals surface area contributed by atoms with Crippen LogP contribution in [0.15, 0.2) is 0 Å². The highest BCUT2D eigenvalue weighted by Crippen LogP contribution is 2.29. The van der Waals surface area contributed by atoms with E-state index in [0.717, 1.165) is 12.7 Å². The summed E-state index contributed by atoms with van der Waals surface area (Å²) in [6, 6.07) is -0.0286. The second-order valence-electron chi connectivity index (χ2n) is 6.41. The highest BCUT2D eigenvalue weighted by atomic mass is 16.5. The van der Waals surface area contributed by atoms with Crippen LogP contribution in [0.4, 0.5) is 0 Å². The quantitative estimate of drug-likeness (QED) is 0.615. The molecular weight excluding hydrogens is 266 g/mol. The van der Waals surface area contributed by atoms with E-state index in [1.165, 1.54) is 25.7 Å². The van der Waals surface area contributed by atoms with Gasteiger partial charge in [-0.25, -0.2) is 0 Å². The van der Waals surface area contributed by atoms with Gasteiger partial charge in [0.2, 0.25) is 5.91 Å². The average molecular weight is 297 g/mol. The fourth-order valence-corrected chi connectivity index (χ4v) is 3.48. The fourth-order valence-electron chi connectivity index (χ4n) is 3.48. The lowest BCUT2D eigenvalue weighted by Crippen LogP contribution is -2.49. The summed E-state index contributed by atoms with van der Waals surface area (Å²) >= 11 is 0. The van der Waals surface area contributed by atoms with Gasteiger partial charge >= 0.3 is 0 Å². The SMILES string of the molecule is CCC(C)C(C(CC=O)OC)N(C)C(=O)CC1CCCC1. The molecule has 0 N–H and O–H groups in total. The van der Waals surface area contributed by atoms with Crippen molar-refractivity contribution in [1.29, 1.82) is 0 Å². The smallest absolute Gasteiger partial charge is 0.222 e. The van der Waals surface area contributed by atoms with Gasteiger partial charge in [-0.2, -0.15) is 0 Å². The highest BCUT2D eigenvalue weighted by Gasteiger charge is 2.33. The van der Waals surface area contributed by atoms with Crippen molar-refractivity contribution in [3.05, 3.63) is 0 Å². The van der Waals surface area contributed by atoms with Crippen LogP contribution >= 0.6 is 0 Å². The molecule has 1 rings (SSSR count). The molecule has 4 nitrogen and oxygen atoms in total. The molecule has 1 aliphatic rings. The lowest BCUT2D eigenvalue weighted by atomic mass is 9.90. The Morgan fingerprint density at radius 3 is 2.48 bits per heavy atom. The molecule has 1 aliphatic carbocycles. The van der Waals surface area contributed by atoms with Gasteiger partial charge < -0.3 is 14.4 Å². The maximum Gasteiger partial charge on any atom is 0.222 e. The Balaban J connectivity index is 2.74. The van der Waals surface area contributed by atoms with Crippen LogP contribution in [-0.4, -0.2) is 43.4 Å². The maximum absolute atomic E-state index is 12.6. The highest BCUT2D eigenvalue weighted by molar-refractivity contribution is 5.76. The van der Waals surface area contributed by atoms with E-state index >= 15 is 0 Å². The first-order chi connectivity index (χ1) is 10.0. The maximum atomic E-state index is 12.6. The van der Waals surface area contributed by atoms with Gasteiger partial charge in [-0.05, 0) is 24.7 Å². The molecule has 0 aliphatic heterocycles. The molecule has 1 fully saturated rings. The molecule has 0 aromatic rings. The first kappa shape index (κ1) is 18.1. The standard InChI is InChI=1S/C17H31NO3/c1-5-13(2)17(15(21-4)10-11-19)18(3)16(20)12-14-8-6-7-9-14/h11,13-15,17H,5-10,12H2,1-4H3. The van der Waals surface area contributed by atoms with Crippen molar-refractivity contribution in [2.45, 2.75) is 70.9 Å². The first-order valence-corrected chi connectivity index (χ1v) is 8.27. The van der Waals surface area contributed by atoms with Gasteiger partial charge in [0.25, 0.3) is 0 Å². The van der Waals surface area contributed by atoms with E-state index in [4.69, 9.17) is 4.74 Å². The lowest BCUT2D eigenvalue weighted by Gasteiger charge is -2.37. The first-order valence-electron chi connectivity index (χ1n) is 8.27. The van der Waals surface area contributed by atoms with E-state index in [-0.39, 0.29) is 18.1 Å². The summed E-state index contributed by atoms with van der Waals surface area (Å²) in [5, 5.41) is 0. The number of ether oxygens (including phenoxy) is 1. The number of carbonyl (C=O) groups excluding carboxylic acids is 2. The van der Waals surface area contributed by atoms with Crippen molar-refractivity contribution in [3.8, 4) is 0 Å². The Hall–Kier alpha value is -0.900. The number of amides is 1. The van der Waals surface area contributed by atoms with Crippen LogP contribution in [0.2, 0.25) is 0 Å². The molecule has 0 radical (unpaired) electrons. The Morgan fingerprint density at radius 1 is 1.38 bits per heavy atom. The Bertz CT molecular complexity index is 326. The van der Waals surface area contributed by atoms with E-state index in [0.29, 0.717) is 24.7 Å². The van der Waals surface area contributed by atoms with Crippen LogP contribution in [0, 0.1) is 11.8 Å². The van der Waals surface area contributed by atoms with Crippen molar-refractivity contribution < 1.29 is 14.3 Å². The zero-order chi connectivity index (χ0) is 15.8. The van der Waals surface area contributed by atoms with E-state index in [9.17, 15) is 9.59 Å². The number of carbonyl (C=O) groups is 2. The minimum absolute atomic E-state index is 0.0286. The van der Waals surface area contributed by atoms with Crippen LogP contribution in [0.1, 0.15) is 58.8 Å². The molecule has 3 unspecified atom stereocenters. The second-order valence-corrected chi connectivity index (χ2v) is 6.41. The van der Waals surface area contributed by atoms with Crippen molar-refractivity contribution in [2.75, 3.05) is 14.2 Å². The van der Waals surface area contributed by atoms with Crippen LogP contribution in [0.25, 0.3) is 0 Å². The zero-order valence-corrected chi connectivity index (χ0v) is 14.0. The van der Waals surface area contributed by atoms with Gasteiger partial charge in [-0.1, -0.05) is 33.1 Å². The largest absolute Gasteiger partial charge is 0.379 e. The third kappa shape index (κ3) is 5.10. The molecule has 0 bridgehead atoms. The number of rotatable bonds is 9. The van der Waals surface area contributed by atoms with E-state index in [1.807, 2.05) is 11.9 Å². The van der Waals surface area contributed by atoms with Gasteiger partial charge in [-0.3, -0.25) is 4.79 Å². The predicted molar refractivity (Wildman–Crippen MR) is 84.1 cm³/mol. The number of nitrogens with zero attached hydrogens (tertiary/aromatic N) is 1. The number of aldehydes is 1. The zero-order valence-electron chi connectivity index (χ0n) is 14.0. The summed E-state index contributed by atoms with van der Waals surface area (Å²) in [6.07, 6.45) is 7.47. The van der Waals surface area contributed by atoms with Gasteiger partial charge in [0, 0.05) is 27.0 Å². The summed E-state index contributed by atoms with van der Waals surface area (Å²) in [5.41, 5.74) is 0. The van der Waals surface area contributed by atoms with E-state index in [1.54, 1.807) is 7.11 Å². The molecule has 1 saturated carbocycles. The summed E-state index contributed by atoms with van der Waals surface area (Å²) < 4.78 is 5.49. The minimum Gasteiger partial charge on any atom is -0.379 e. The predicted octanol–water partition coefficient (Wildman–Crippen LogP) is 3.04. The van der Waals surface area contributed by atoms with Crippen molar-refractivity contribution in [2.24, 2.45) is 11.8 Å². The van der Waals surface area contributed by atoms with E-state index < -0.39 is 0 Å². The fraction of sp³-hybridized carbons (Fsp3) is 0.882. The molecule has 0 aromatic carbocycles. The Morgan fingerprint density at radius 2 is 2.00 bits per heavy atom. The summed E-state index contributed by atoms with van der Waals surface area (Å²) in [6.45, 7) is 4.24. The average Bonchev–Trinajstić information content (AvgIpc) is 2.98. The topological polar surface area (TPSA) is 46.6 Å². The van der Waals surface area contributed by atoms with Gasteiger partial charge in [0.15, 0.2) is 0 Å². The van der Waals surface area contributed by atoms with E-state index in [2.05, 4.69) is 13.8 Å². The molecular formula is C17H31NO3. The second kappa shape index (κ2) is 9.19. The lowest BCUT2D eigenvalue weighted by molar-refractivity contribution is -0.138. The number of hydrogen-bond acceptors (Lipinski definition) is 3. The Labute approximate surface area is 129 Å². The third-order valence-electron chi connectivity index (χ3n) is 5.02. The van der Waals surface area contributed by atoms with Crippen LogP contribution in [-0.2, 0) is 14.3 Å². The van der Waals surface area contributed by atoms with Crippen molar-refractivity contribution in [1.82, 2.24) is 4.90 Å². The molecule has 122 valence electrons. The van der Waals surface area contributed by atoms with Gasteiger partial charge in [0.1, 0.15) is 6.29 Å². The monoisotopic (exact) mass is 297 g/mol. The summed E-state index contributed by atoms with van der Waals surface area (Å²) in [4.78, 5) is 25.3. The molecule has 3 atom stereocenters.